The average Bonchev–Trinajstić information content (AvgIpc) is 2.72. The van der Waals surface area contributed by atoms with Gasteiger partial charge in [0.25, 0.3) is 0 Å². The van der Waals surface area contributed by atoms with E-state index in [2.05, 4.69) is 41.1 Å². The lowest BCUT2D eigenvalue weighted by atomic mass is 9.99. The van der Waals surface area contributed by atoms with Gasteiger partial charge in [0.05, 0.1) is 20.8 Å². The molecule has 1 unspecified atom stereocenters. The van der Waals surface area contributed by atoms with Gasteiger partial charge < -0.3 is 19.7 Å². The molecule has 164 valence electrons. The molecular formula is C22H37IN4O2. The van der Waals surface area contributed by atoms with Gasteiger partial charge in [-0.1, -0.05) is 6.92 Å². The highest BCUT2D eigenvalue weighted by atomic mass is 127. The number of hydrogen-bond acceptors (Lipinski definition) is 4. The molecule has 6 nitrogen and oxygen atoms in total. The minimum atomic E-state index is 0. The van der Waals surface area contributed by atoms with Crippen molar-refractivity contribution in [1.29, 1.82) is 0 Å². The molecule has 0 amide bonds. The molecule has 2 aliphatic rings. The summed E-state index contributed by atoms with van der Waals surface area (Å²) in [4.78, 5) is 9.84. The van der Waals surface area contributed by atoms with E-state index in [0.717, 1.165) is 75.6 Å². The molecule has 0 radical (unpaired) electrons. The minimum Gasteiger partial charge on any atom is -0.493 e. The Morgan fingerprint density at radius 3 is 2.55 bits per heavy atom. The van der Waals surface area contributed by atoms with Crippen LogP contribution in [0.3, 0.4) is 0 Å². The van der Waals surface area contributed by atoms with Gasteiger partial charge in [-0.15, -0.1) is 24.0 Å². The van der Waals surface area contributed by atoms with Gasteiger partial charge in [0.1, 0.15) is 0 Å². The van der Waals surface area contributed by atoms with Crippen molar-refractivity contribution in [2.45, 2.75) is 39.7 Å². The number of rotatable bonds is 6. The van der Waals surface area contributed by atoms with E-state index in [4.69, 9.17) is 14.5 Å². The number of hydrogen-bond donors (Lipinski definition) is 1. The van der Waals surface area contributed by atoms with Crippen LogP contribution in [0, 0.1) is 5.92 Å². The normalized spacial score (nSPS) is 19.9. The van der Waals surface area contributed by atoms with Crippen LogP contribution < -0.4 is 14.8 Å². The van der Waals surface area contributed by atoms with E-state index in [1.165, 1.54) is 24.0 Å². The third-order valence-corrected chi connectivity index (χ3v) is 5.77. The second-order valence-electron chi connectivity index (χ2n) is 7.93. The molecule has 0 saturated carbocycles. The zero-order valence-corrected chi connectivity index (χ0v) is 20.7. The SMILES string of the molecule is CCNC(=NCCN1CCc2cc(OC)c(OC)cc2C1)N1CCCC(C)C1.I. The van der Waals surface area contributed by atoms with E-state index in [1.807, 2.05) is 0 Å². The van der Waals surface area contributed by atoms with E-state index >= 15 is 0 Å². The number of nitrogens with one attached hydrogen (secondary N) is 1. The fraction of sp³-hybridized carbons (Fsp3) is 0.682. The van der Waals surface area contributed by atoms with Crippen LogP contribution in [0.1, 0.15) is 37.8 Å². The highest BCUT2D eigenvalue weighted by molar-refractivity contribution is 14.0. The zero-order chi connectivity index (χ0) is 19.9. The van der Waals surface area contributed by atoms with Crippen LogP contribution in [0.5, 0.6) is 11.5 Å². The molecule has 29 heavy (non-hydrogen) atoms. The quantitative estimate of drug-likeness (QED) is 0.357. The van der Waals surface area contributed by atoms with E-state index in [-0.39, 0.29) is 24.0 Å². The fourth-order valence-corrected chi connectivity index (χ4v) is 4.24. The summed E-state index contributed by atoms with van der Waals surface area (Å²) in [6, 6.07) is 4.26. The number of aliphatic imine (C=N–C) groups is 1. The lowest BCUT2D eigenvalue weighted by molar-refractivity contribution is 0.254. The molecule has 2 heterocycles. The first-order valence-corrected chi connectivity index (χ1v) is 10.6. The molecule has 1 N–H and O–H groups in total. The zero-order valence-electron chi connectivity index (χ0n) is 18.4. The minimum absolute atomic E-state index is 0. The van der Waals surface area contributed by atoms with Gasteiger partial charge >= 0.3 is 0 Å². The Bertz CT molecular complexity index is 683. The average molecular weight is 516 g/mol. The lowest BCUT2D eigenvalue weighted by Gasteiger charge is -2.34. The molecule has 1 aromatic carbocycles. The molecule has 0 spiro atoms. The number of nitrogens with zero attached hydrogens (tertiary/aromatic N) is 3. The number of methoxy groups -OCH3 is 2. The number of halogens is 1. The van der Waals surface area contributed by atoms with E-state index in [0.29, 0.717) is 0 Å². The molecule has 0 aromatic heterocycles. The number of fused-ring (bicyclic) bond motifs is 1. The largest absolute Gasteiger partial charge is 0.493 e. The van der Waals surface area contributed by atoms with Crippen molar-refractivity contribution >= 4 is 29.9 Å². The maximum atomic E-state index is 5.47. The van der Waals surface area contributed by atoms with Crippen LogP contribution in [0.15, 0.2) is 17.1 Å². The molecule has 0 bridgehead atoms. The molecule has 1 saturated heterocycles. The van der Waals surface area contributed by atoms with Crippen molar-refractivity contribution in [2.24, 2.45) is 10.9 Å². The van der Waals surface area contributed by atoms with Crippen LogP contribution in [-0.4, -0.2) is 69.2 Å². The standard InChI is InChI=1S/C22H36N4O2.HI/c1-5-23-22(26-10-6-7-17(2)15-26)24-9-12-25-11-8-18-13-20(27-3)21(28-4)14-19(18)16-25;/h13-14,17H,5-12,15-16H2,1-4H3,(H,23,24);1H. The van der Waals surface area contributed by atoms with Crippen LogP contribution in [0.4, 0.5) is 0 Å². The highest BCUT2D eigenvalue weighted by Gasteiger charge is 2.21. The predicted molar refractivity (Wildman–Crippen MR) is 130 cm³/mol. The highest BCUT2D eigenvalue weighted by Crippen LogP contribution is 2.33. The van der Waals surface area contributed by atoms with Crippen molar-refractivity contribution in [3.05, 3.63) is 23.3 Å². The third-order valence-electron chi connectivity index (χ3n) is 5.77. The van der Waals surface area contributed by atoms with Crippen molar-refractivity contribution in [3.8, 4) is 11.5 Å². The predicted octanol–water partition coefficient (Wildman–Crippen LogP) is 3.38. The number of ether oxygens (including phenoxy) is 2. The van der Waals surface area contributed by atoms with E-state index in [9.17, 15) is 0 Å². The van der Waals surface area contributed by atoms with Crippen molar-refractivity contribution in [1.82, 2.24) is 15.1 Å². The summed E-state index contributed by atoms with van der Waals surface area (Å²) in [6.07, 6.45) is 3.64. The van der Waals surface area contributed by atoms with Crippen molar-refractivity contribution in [2.75, 3.05) is 53.5 Å². The Labute approximate surface area is 193 Å². The van der Waals surface area contributed by atoms with Gasteiger partial charge in [-0.3, -0.25) is 9.89 Å². The first kappa shape index (κ1) is 24.1. The molecule has 7 heteroatoms. The summed E-state index contributed by atoms with van der Waals surface area (Å²) < 4.78 is 10.9. The Morgan fingerprint density at radius 1 is 1.17 bits per heavy atom. The molecule has 1 aromatic rings. The van der Waals surface area contributed by atoms with E-state index < -0.39 is 0 Å². The number of benzene rings is 1. The summed E-state index contributed by atoms with van der Waals surface area (Å²) in [5.74, 6) is 3.47. The maximum Gasteiger partial charge on any atom is 0.193 e. The molecule has 1 atom stereocenters. The summed E-state index contributed by atoms with van der Waals surface area (Å²) >= 11 is 0. The number of piperidine rings is 1. The Kier molecular flexibility index (Phi) is 9.82. The molecule has 3 rings (SSSR count). The Morgan fingerprint density at radius 2 is 1.90 bits per heavy atom. The van der Waals surface area contributed by atoms with Gasteiger partial charge in [-0.05, 0) is 55.4 Å². The molecular weight excluding hydrogens is 479 g/mol. The topological polar surface area (TPSA) is 49.3 Å². The number of likely N-dealkylation sites (tertiary alicyclic amines) is 1. The first-order valence-electron chi connectivity index (χ1n) is 10.6. The first-order chi connectivity index (χ1) is 13.6. The Balaban J connectivity index is 0.00000300. The van der Waals surface area contributed by atoms with Crippen LogP contribution in [0.25, 0.3) is 0 Å². The second kappa shape index (κ2) is 11.8. The Hall–Kier alpha value is -1.22. The van der Waals surface area contributed by atoms with Gasteiger partial charge in [-0.2, -0.15) is 0 Å². The maximum absolute atomic E-state index is 5.47. The van der Waals surface area contributed by atoms with Crippen LogP contribution >= 0.6 is 24.0 Å². The van der Waals surface area contributed by atoms with Crippen molar-refractivity contribution < 1.29 is 9.47 Å². The summed E-state index contributed by atoms with van der Waals surface area (Å²) in [5.41, 5.74) is 2.71. The van der Waals surface area contributed by atoms with Gasteiger partial charge in [0.15, 0.2) is 17.5 Å². The van der Waals surface area contributed by atoms with Gasteiger partial charge in [0, 0.05) is 39.3 Å². The number of guanidine groups is 1. The molecule has 0 aliphatic carbocycles. The fourth-order valence-electron chi connectivity index (χ4n) is 4.24. The van der Waals surface area contributed by atoms with E-state index in [1.54, 1.807) is 14.2 Å². The summed E-state index contributed by atoms with van der Waals surface area (Å²) in [7, 11) is 3.39. The van der Waals surface area contributed by atoms with Crippen LogP contribution in [0.2, 0.25) is 0 Å². The summed E-state index contributed by atoms with van der Waals surface area (Å²) in [5, 5.41) is 3.48. The van der Waals surface area contributed by atoms with Gasteiger partial charge in [-0.25, -0.2) is 0 Å². The smallest absolute Gasteiger partial charge is 0.193 e. The second-order valence-corrected chi connectivity index (χ2v) is 7.93. The van der Waals surface area contributed by atoms with Crippen LogP contribution in [-0.2, 0) is 13.0 Å². The molecule has 2 aliphatic heterocycles. The summed E-state index contributed by atoms with van der Waals surface area (Å²) in [6.45, 7) is 11.5. The lowest BCUT2D eigenvalue weighted by Crippen LogP contribution is -2.46. The molecule has 1 fully saturated rings. The van der Waals surface area contributed by atoms with Crippen molar-refractivity contribution in [3.63, 3.8) is 0 Å². The third kappa shape index (κ3) is 6.38. The van der Waals surface area contributed by atoms with Gasteiger partial charge in [0.2, 0.25) is 0 Å². The monoisotopic (exact) mass is 516 g/mol.